The number of amides is 1. The highest BCUT2D eigenvalue weighted by molar-refractivity contribution is 7.09. The van der Waals surface area contributed by atoms with Gasteiger partial charge >= 0.3 is 0 Å². The van der Waals surface area contributed by atoms with Crippen molar-refractivity contribution in [3.8, 4) is 17.2 Å². The molecule has 1 aromatic carbocycles. The fourth-order valence-corrected chi connectivity index (χ4v) is 3.20. The number of rotatable bonds is 10. The molecule has 6 nitrogen and oxygen atoms in total. The fraction of sp³-hybridized carbons (Fsp3) is 0.474. The van der Waals surface area contributed by atoms with Crippen molar-refractivity contribution in [2.75, 3.05) is 26.4 Å². The van der Waals surface area contributed by atoms with E-state index in [1.165, 1.54) is 0 Å². The van der Waals surface area contributed by atoms with Gasteiger partial charge in [0.15, 0.2) is 11.5 Å². The van der Waals surface area contributed by atoms with Gasteiger partial charge in [-0.15, -0.1) is 11.3 Å². The normalized spacial score (nSPS) is 10.5. The average Bonchev–Trinajstić information content (AvgIpc) is 3.03. The Balaban J connectivity index is 2.13. The van der Waals surface area contributed by atoms with Gasteiger partial charge in [0, 0.05) is 29.6 Å². The molecule has 0 bridgehead atoms. The van der Waals surface area contributed by atoms with Crippen LogP contribution in [0.2, 0.25) is 0 Å². The van der Waals surface area contributed by atoms with Gasteiger partial charge in [-0.1, -0.05) is 0 Å². The quantitative estimate of drug-likeness (QED) is 0.684. The standard InChI is InChI=1S/C19H26N2O4S/c1-5-23-15-10-14(11-16(24-6-2)18(15)25-7-3)19(22)20-9-8-17-21-13(4)12-26-17/h10-12H,5-9H2,1-4H3,(H,20,22). The third-order valence-electron chi connectivity index (χ3n) is 3.46. The summed E-state index contributed by atoms with van der Waals surface area (Å²) >= 11 is 1.60. The zero-order chi connectivity index (χ0) is 18.9. The average molecular weight is 378 g/mol. The molecule has 1 amide bonds. The minimum atomic E-state index is -0.178. The maximum Gasteiger partial charge on any atom is 0.251 e. The number of benzene rings is 1. The first-order chi connectivity index (χ1) is 12.6. The van der Waals surface area contributed by atoms with Crippen LogP contribution in [-0.4, -0.2) is 37.3 Å². The van der Waals surface area contributed by atoms with Gasteiger partial charge in [-0.05, 0) is 39.8 Å². The molecule has 0 saturated heterocycles. The van der Waals surface area contributed by atoms with Crippen molar-refractivity contribution in [1.29, 1.82) is 0 Å². The number of ether oxygens (including phenoxy) is 3. The zero-order valence-corrected chi connectivity index (χ0v) is 16.6. The Morgan fingerprint density at radius 2 is 1.69 bits per heavy atom. The van der Waals surface area contributed by atoms with Crippen molar-refractivity contribution in [1.82, 2.24) is 10.3 Å². The summed E-state index contributed by atoms with van der Waals surface area (Å²) in [5.41, 5.74) is 1.49. The Morgan fingerprint density at radius 1 is 1.08 bits per heavy atom. The molecule has 0 fully saturated rings. The highest BCUT2D eigenvalue weighted by Gasteiger charge is 2.18. The van der Waals surface area contributed by atoms with Crippen molar-refractivity contribution in [3.05, 3.63) is 33.8 Å². The van der Waals surface area contributed by atoms with Crippen molar-refractivity contribution in [2.45, 2.75) is 34.1 Å². The van der Waals surface area contributed by atoms with Crippen LogP contribution in [0.4, 0.5) is 0 Å². The Bertz CT molecular complexity index is 703. The highest BCUT2D eigenvalue weighted by Crippen LogP contribution is 2.39. The van der Waals surface area contributed by atoms with Crippen LogP contribution >= 0.6 is 11.3 Å². The third-order valence-corrected chi connectivity index (χ3v) is 4.49. The second-order valence-electron chi connectivity index (χ2n) is 5.49. The maximum atomic E-state index is 12.5. The number of thiazole rings is 1. The van der Waals surface area contributed by atoms with Gasteiger partial charge in [-0.3, -0.25) is 4.79 Å². The Kier molecular flexibility index (Phi) is 7.72. The number of hydrogen-bond donors (Lipinski definition) is 1. The summed E-state index contributed by atoms with van der Waals surface area (Å²) in [5.74, 6) is 1.39. The fourth-order valence-electron chi connectivity index (χ4n) is 2.42. The Labute approximate surface area is 158 Å². The van der Waals surface area contributed by atoms with Crippen LogP contribution in [0.1, 0.15) is 41.8 Å². The summed E-state index contributed by atoms with van der Waals surface area (Å²) in [5, 5.41) is 5.94. The van der Waals surface area contributed by atoms with Crippen molar-refractivity contribution < 1.29 is 19.0 Å². The van der Waals surface area contributed by atoms with E-state index in [0.717, 1.165) is 10.7 Å². The molecule has 2 aromatic rings. The summed E-state index contributed by atoms with van der Waals surface area (Å²) in [6, 6.07) is 3.39. The molecule has 1 heterocycles. The van der Waals surface area contributed by atoms with E-state index in [1.807, 2.05) is 33.1 Å². The molecule has 0 unspecified atom stereocenters. The van der Waals surface area contributed by atoms with E-state index in [2.05, 4.69) is 10.3 Å². The number of nitrogens with zero attached hydrogens (tertiary/aromatic N) is 1. The molecule has 0 aliphatic carbocycles. The molecule has 0 aliphatic heterocycles. The third kappa shape index (κ3) is 5.36. The molecule has 0 atom stereocenters. The van der Waals surface area contributed by atoms with Crippen LogP contribution in [0.3, 0.4) is 0 Å². The summed E-state index contributed by atoms with van der Waals surface area (Å²) in [6.45, 7) is 9.58. The van der Waals surface area contributed by atoms with Crippen molar-refractivity contribution in [2.24, 2.45) is 0 Å². The minimum absolute atomic E-state index is 0.178. The molecule has 1 N–H and O–H groups in total. The Morgan fingerprint density at radius 3 is 2.19 bits per heavy atom. The predicted octanol–water partition coefficient (Wildman–Crippen LogP) is 3.62. The smallest absolute Gasteiger partial charge is 0.251 e. The lowest BCUT2D eigenvalue weighted by atomic mass is 10.1. The predicted molar refractivity (Wildman–Crippen MR) is 103 cm³/mol. The zero-order valence-electron chi connectivity index (χ0n) is 15.8. The molecule has 1 aromatic heterocycles. The van der Waals surface area contributed by atoms with Gasteiger partial charge < -0.3 is 19.5 Å². The van der Waals surface area contributed by atoms with Crippen LogP contribution in [0, 0.1) is 6.92 Å². The van der Waals surface area contributed by atoms with Crippen LogP contribution in [0.15, 0.2) is 17.5 Å². The van der Waals surface area contributed by atoms with E-state index in [9.17, 15) is 4.79 Å². The van der Waals surface area contributed by atoms with E-state index in [1.54, 1.807) is 23.5 Å². The van der Waals surface area contributed by atoms with Gasteiger partial charge in [0.1, 0.15) is 0 Å². The molecule has 0 aliphatic rings. The van der Waals surface area contributed by atoms with Gasteiger partial charge in [-0.2, -0.15) is 0 Å². The summed E-state index contributed by atoms with van der Waals surface area (Å²) in [6.07, 6.45) is 0.706. The number of carbonyl (C=O) groups excluding carboxylic acids is 1. The molecular weight excluding hydrogens is 352 g/mol. The van der Waals surface area contributed by atoms with E-state index < -0.39 is 0 Å². The number of hydrogen-bond acceptors (Lipinski definition) is 6. The highest BCUT2D eigenvalue weighted by atomic mass is 32.1. The van der Waals surface area contributed by atoms with Crippen LogP contribution in [0.5, 0.6) is 17.2 Å². The monoisotopic (exact) mass is 378 g/mol. The number of aromatic nitrogens is 1. The van der Waals surface area contributed by atoms with E-state index in [-0.39, 0.29) is 5.91 Å². The molecule has 142 valence electrons. The second kappa shape index (κ2) is 10.0. The lowest BCUT2D eigenvalue weighted by molar-refractivity contribution is 0.0953. The van der Waals surface area contributed by atoms with Crippen LogP contribution in [0.25, 0.3) is 0 Å². The SMILES string of the molecule is CCOc1cc(C(=O)NCCc2nc(C)cs2)cc(OCC)c1OCC. The number of aryl methyl sites for hydroxylation is 1. The molecule has 7 heteroatoms. The minimum Gasteiger partial charge on any atom is -0.490 e. The number of nitrogens with one attached hydrogen (secondary N) is 1. The molecule has 26 heavy (non-hydrogen) atoms. The van der Waals surface area contributed by atoms with E-state index in [0.29, 0.717) is 55.6 Å². The largest absolute Gasteiger partial charge is 0.490 e. The molecule has 0 radical (unpaired) electrons. The molecule has 2 rings (SSSR count). The number of carbonyl (C=O) groups is 1. The van der Waals surface area contributed by atoms with Gasteiger partial charge in [0.2, 0.25) is 5.75 Å². The first-order valence-corrected chi connectivity index (χ1v) is 9.72. The summed E-state index contributed by atoms with van der Waals surface area (Å²) in [4.78, 5) is 16.9. The van der Waals surface area contributed by atoms with Crippen LogP contribution < -0.4 is 19.5 Å². The molecule has 0 saturated carbocycles. The topological polar surface area (TPSA) is 69.7 Å². The van der Waals surface area contributed by atoms with Crippen LogP contribution in [-0.2, 0) is 6.42 Å². The second-order valence-corrected chi connectivity index (χ2v) is 6.43. The van der Waals surface area contributed by atoms with Gasteiger partial charge in [0.05, 0.1) is 24.8 Å². The first-order valence-electron chi connectivity index (χ1n) is 8.84. The lowest BCUT2D eigenvalue weighted by Gasteiger charge is -2.17. The lowest BCUT2D eigenvalue weighted by Crippen LogP contribution is -2.25. The van der Waals surface area contributed by atoms with Crippen molar-refractivity contribution in [3.63, 3.8) is 0 Å². The maximum absolute atomic E-state index is 12.5. The molecular formula is C19H26N2O4S. The van der Waals surface area contributed by atoms with E-state index in [4.69, 9.17) is 14.2 Å². The molecule has 0 spiro atoms. The van der Waals surface area contributed by atoms with Crippen molar-refractivity contribution >= 4 is 17.2 Å². The summed E-state index contributed by atoms with van der Waals surface area (Å²) in [7, 11) is 0. The van der Waals surface area contributed by atoms with Gasteiger partial charge in [0.25, 0.3) is 5.91 Å². The van der Waals surface area contributed by atoms with E-state index >= 15 is 0 Å². The summed E-state index contributed by atoms with van der Waals surface area (Å²) < 4.78 is 17.0. The Hall–Kier alpha value is -2.28. The first kappa shape index (κ1) is 20.0. The van der Waals surface area contributed by atoms with Gasteiger partial charge in [-0.25, -0.2) is 4.98 Å².